The molecule has 0 atom stereocenters. The molecule has 0 fully saturated rings. The second kappa shape index (κ2) is 11.4. The largest absolute Gasteiger partial charge is 0.370 e. The van der Waals surface area contributed by atoms with Crippen LogP contribution in [0.5, 0.6) is 0 Å². The Morgan fingerprint density at radius 2 is 1.62 bits per heavy atom. The number of benzene rings is 3. The van der Waals surface area contributed by atoms with Crippen molar-refractivity contribution in [3.8, 4) is 0 Å². The molecule has 0 saturated heterocycles. The maximum absolute atomic E-state index is 13.3. The van der Waals surface area contributed by atoms with Crippen LogP contribution in [-0.2, 0) is 23.1 Å². The number of nitrogens with zero attached hydrogens (tertiary/aromatic N) is 1. The number of anilines is 1. The van der Waals surface area contributed by atoms with E-state index in [2.05, 4.69) is 21.1 Å². The van der Waals surface area contributed by atoms with Crippen molar-refractivity contribution in [1.82, 2.24) is 4.72 Å². The number of aliphatic imine (C=N–C) groups is 1. The summed E-state index contributed by atoms with van der Waals surface area (Å²) in [4.78, 5) is 4.41. The molecule has 0 unspecified atom stereocenters. The normalized spacial score (nSPS) is 11.7. The molecule has 3 rings (SSSR count). The number of aryl methyl sites for hydroxylation is 2. The zero-order chi connectivity index (χ0) is 22.4. The summed E-state index contributed by atoms with van der Waals surface area (Å²) in [6.07, 6.45) is 0. The minimum Gasteiger partial charge on any atom is -0.370 e. The molecule has 0 radical (unpaired) electrons. The van der Waals surface area contributed by atoms with E-state index in [0.29, 0.717) is 11.1 Å². The third-order valence-electron chi connectivity index (χ3n) is 4.49. The van der Waals surface area contributed by atoms with Crippen molar-refractivity contribution in [2.75, 3.05) is 5.32 Å². The van der Waals surface area contributed by atoms with Gasteiger partial charge in [0.1, 0.15) is 5.82 Å². The van der Waals surface area contributed by atoms with Crippen molar-refractivity contribution in [3.05, 3.63) is 94.8 Å². The summed E-state index contributed by atoms with van der Waals surface area (Å²) in [7, 11) is -3.76. The van der Waals surface area contributed by atoms with Crippen LogP contribution >= 0.6 is 24.0 Å². The van der Waals surface area contributed by atoms with Gasteiger partial charge in [0.15, 0.2) is 5.96 Å². The summed E-state index contributed by atoms with van der Waals surface area (Å²) in [5.41, 5.74) is 10.3. The Kier molecular flexibility index (Phi) is 9.17. The zero-order valence-corrected chi connectivity index (χ0v) is 20.9. The van der Waals surface area contributed by atoms with Crippen LogP contribution in [0.1, 0.15) is 22.3 Å². The molecule has 170 valence electrons. The van der Waals surface area contributed by atoms with Crippen molar-refractivity contribution in [2.24, 2.45) is 10.7 Å². The molecule has 4 N–H and O–H groups in total. The molecule has 3 aromatic carbocycles. The summed E-state index contributed by atoms with van der Waals surface area (Å²) in [5.74, 6) is -0.175. The quantitative estimate of drug-likeness (QED) is 0.223. The number of rotatable bonds is 7. The van der Waals surface area contributed by atoms with Gasteiger partial charge in [-0.15, -0.1) is 24.0 Å². The van der Waals surface area contributed by atoms with Gasteiger partial charge in [-0.05, 0) is 72.5 Å². The third kappa shape index (κ3) is 7.57. The molecule has 0 spiro atoms. The fourth-order valence-corrected chi connectivity index (χ4v) is 4.22. The summed E-state index contributed by atoms with van der Waals surface area (Å²) in [6, 6.07) is 18.2. The van der Waals surface area contributed by atoms with Crippen molar-refractivity contribution >= 4 is 45.6 Å². The van der Waals surface area contributed by atoms with E-state index in [9.17, 15) is 12.8 Å². The third-order valence-corrected chi connectivity index (χ3v) is 5.89. The van der Waals surface area contributed by atoms with Crippen LogP contribution in [0.15, 0.2) is 76.6 Å². The highest BCUT2D eigenvalue weighted by atomic mass is 127. The SMILES string of the molecule is Cc1cc(C)cc(NC(N)=NCc2cccc(S(=O)(=O)NCc3cccc(F)c3)c2)c1.I. The van der Waals surface area contributed by atoms with E-state index in [1.165, 1.54) is 24.3 Å². The molecule has 0 aromatic heterocycles. The highest BCUT2D eigenvalue weighted by molar-refractivity contribution is 14.0. The topological polar surface area (TPSA) is 96.6 Å². The van der Waals surface area contributed by atoms with Gasteiger partial charge in [0, 0.05) is 12.2 Å². The molecular formula is C23H26FIN4O2S. The lowest BCUT2D eigenvalue weighted by atomic mass is 10.1. The molecule has 0 aliphatic carbocycles. The Morgan fingerprint density at radius 3 is 2.31 bits per heavy atom. The highest BCUT2D eigenvalue weighted by Gasteiger charge is 2.14. The van der Waals surface area contributed by atoms with Crippen molar-refractivity contribution < 1.29 is 12.8 Å². The van der Waals surface area contributed by atoms with Gasteiger partial charge in [-0.2, -0.15) is 0 Å². The van der Waals surface area contributed by atoms with Gasteiger partial charge < -0.3 is 11.1 Å². The van der Waals surface area contributed by atoms with E-state index in [4.69, 9.17) is 5.73 Å². The Labute approximate surface area is 205 Å². The Morgan fingerprint density at radius 1 is 0.969 bits per heavy atom. The second-order valence-corrected chi connectivity index (χ2v) is 9.07. The predicted molar refractivity (Wildman–Crippen MR) is 137 cm³/mol. The van der Waals surface area contributed by atoms with Crippen LogP contribution in [-0.4, -0.2) is 14.4 Å². The van der Waals surface area contributed by atoms with Crippen molar-refractivity contribution in [2.45, 2.75) is 31.8 Å². The van der Waals surface area contributed by atoms with Gasteiger partial charge in [0.2, 0.25) is 10.0 Å². The number of halogens is 2. The zero-order valence-electron chi connectivity index (χ0n) is 17.8. The van der Waals surface area contributed by atoms with E-state index in [0.717, 1.165) is 16.8 Å². The number of nitrogens with two attached hydrogens (primary N) is 1. The first-order chi connectivity index (χ1) is 14.7. The van der Waals surface area contributed by atoms with Crippen LogP contribution < -0.4 is 15.8 Å². The summed E-state index contributed by atoms with van der Waals surface area (Å²) >= 11 is 0. The molecule has 3 aromatic rings. The smallest absolute Gasteiger partial charge is 0.240 e. The van der Waals surface area contributed by atoms with Crippen LogP contribution in [0.3, 0.4) is 0 Å². The maximum Gasteiger partial charge on any atom is 0.240 e. The van der Waals surface area contributed by atoms with Crippen molar-refractivity contribution in [3.63, 3.8) is 0 Å². The fourth-order valence-electron chi connectivity index (χ4n) is 3.13. The second-order valence-electron chi connectivity index (χ2n) is 7.30. The van der Waals surface area contributed by atoms with Gasteiger partial charge in [-0.1, -0.05) is 30.3 Å². The van der Waals surface area contributed by atoms with E-state index < -0.39 is 15.8 Å². The van der Waals surface area contributed by atoms with Crippen molar-refractivity contribution in [1.29, 1.82) is 0 Å². The van der Waals surface area contributed by atoms with Crippen LogP contribution in [0.4, 0.5) is 10.1 Å². The fraction of sp³-hybridized carbons (Fsp3) is 0.174. The van der Waals surface area contributed by atoms with E-state index in [-0.39, 0.29) is 47.9 Å². The Bertz CT molecular complexity index is 1200. The van der Waals surface area contributed by atoms with Gasteiger partial charge in [0.25, 0.3) is 0 Å². The molecule has 32 heavy (non-hydrogen) atoms. The van der Waals surface area contributed by atoms with Crippen LogP contribution in [0.2, 0.25) is 0 Å². The number of hydrogen-bond donors (Lipinski definition) is 3. The van der Waals surface area contributed by atoms with Gasteiger partial charge in [-0.25, -0.2) is 22.5 Å². The monoisotopic (exact) mass is 568 g/mol. The summed E-state index contributed by atoms with van der Waals surface area (Å²) < 4.78 is 41.0. The molecule has 0 saturated carbocycles. The average Bonchev–Trinajstić information content (AvgIpc) is 2.70. The molecule has 6 nitrogen and oxygen atoms in total. The number of guanidine groups is 1. The number of sulfonamides is 1. The van der Waals surface area contributed by atoms with Gasteiger partial charge >= 0.3 is 0 Å². The molecule has 0 heterocycles. The first-order valence-electron chi connectivity index (χ1n) is 9.69. The molecule has 0 aliphatic rings. The van der Waals surface area contributed by atoms with E-state index in [1.807, 2.05) is 26.0 Å². The number of hydrogen-bond acceptors (Lipinski definition) is 3. The van der Waals surface area contributed by atoms with E-state index >= 15 is 0 Å². The highest BCUT2D eigenvalue weighted by Crippen LogP contribution is 2.15. The van der Waals surface area contributed by atoms with E-state index in [1.54, 1.807) is 24.3 Å². The summed E-state index contributed by atoms with van der Waals surface area (Å²) in [6.45, 7) is 4.21. The molecular weight excluding hydrogens is 542 g/mol. The van der Waals surface area contributed by atoms with Gasteiger partial charge in [0.05, 0.1) is 11.4 Å². The first kappa shape index (κ1) is 25.8. The molecule has 0 aliphatic heterocycles. The lowest BCUT2D eigenvalue weighted by Crippen LogP contribution is -2.23. The Balaban J connectivity index is 0.00000363. The Hall–Kier alpha value is -2.50. The minimum atomic E-state index is -3.76. The lowest BCUT2D eigenvalue weighted by molar-refractivity contribution is 0.580. The number of nitrogens with one attached hydrogen (secondary N) is 2. The molecule has 0 amide bonds. The minimum absolute atomic E-state index is 0. The predicted octanol–water partition coefficient (Wildman–Crippen LogP) is 4.47. The first-order valence-corrected chi connectivity index (χ1v) is 11.2. The van der Waals surface area contributed by atoms with Gasteiger partial charge in [-0.3, -0.25) is 0 Å². The van der Waals surface area contributed by atoms with Crippen LogP contribution in [0, 0.1) is 19.7 Å². The average molecular weight is 568 g/mol. The summed E-state index contributed by atoms with van der Waals surface area (Å²) in [5, 5.41) is 3.05. The molecule has 0 bridgehead atoms. The molecule has 9 heteroatoms. The standard InChI is InChI=1S/C23H25FN4O2S.HI/c1-16-9-17(2)11-21(10-16)28-23(25)26-14-19-6-4-8-22(13-19)31(29,30)27-15-18-5-3-7-20(24)12-18;/h3-13,27H,14-15H2,1-2H3,(H3,25,26,28);1H. The maximum atomic E-state index is 13.3. The van der Waals surface area contributed by atoms with Crippen LogP contribution in [0.25, 0.3) is 0 Å². The lowest BCUT2D eigenvalue weighted by Gasteiger charge is -2.09.